The highest BCUT2D eigenvalue weighted by Crippen LogP contribution is 2.59. The van der Waals surface area contributed by atoms with Crippen molar-refractivity contribution in [3.63, 3.8) is 0 Å². The molecule has 1 aromatic carbocycles. The first-order valence-corrected chi connectivity index (χ1v) is 7.91. The van der Waals surface area contributed by atoms with E-state index in [4.69, 9.17) is 4.74 Å². The number of phenolic OH excluding ortho intramolecular Hbond substituents is 1. The molecule has 0 fully saturated rings. The number of nitrogens with zero attached hydrogens (tertiary/aromatic N) is 1. The highest BCUT2D eigenvalue weighted by atomic mass is 16.5. The Morgan fingerprint density at radius 3 is 2.91 bits per heavy atom. The summed E-state index contributed by atoms with van der Waals surface area (Å²) < 4.78 is 5.56. The lowest BCUT2D eigenvalue weighted by molar-refractivity contribution is -0.115. The Hall–Kier alpha value is -1.81. The maximum Gasteiger partial charge on any atom is 0.164 e. The molecule has 4 heteroatoms. The number of ether oxygens (including phenoxy) is 1. The molecule has 116 valence electrons. The highest BCUT2D eigenvalue weighted by Gasteiger charge is 2.49. The highest BCUT2D eigenvalue weighted by molar-refractivity contribution is 5.91. The van der Waals surface area contributed by atoms with Crippen molar-refractivity contribution in [3.8, 4) is 11.5 Å². The van der Waals surface area contributed by atoms with Crippen LogP contribution in [0.1, 0.15) is 42.0 Å². The first-order chi connectivity index (χ1) is 10.6. The SMILES string of the molecule is COc1c(O)cc2c3c1[C@]1(C=CC(=O)CC1)C[C@H]3N(C)CC2. The Kier molecular flexibility index (Phi) is 2.89. The minimum atomic E-state index is -0.175. The molecule has 0 amide bonds. The van der Waals surface area contributed by atoms with E-state index in [0.29, 0.717) is 18.2 Å². The van der Waals surface area contributed by atoms with Gasteiger partial charge in [-0.3, -0.25) is 9.69 Å². The van der Waals surface area contributed by atoms with E-state index in [1.165, 1.54) is 11.1 Å². The fourth-order valence-electron chi connectivity index (χ4n) is 4.53. The summed E-state index contributed by atoms with van der Waals surface area (Å²) in [4.78, 5) is 14.0. The summed E-state index contributed by atoms with van der Waals surface area (Å²) in [6.45, 7) is 1.00. The Bertz CT molecular complexity index is 694. The van der Waals surface area contributed by atoms with Crippen LogP contribution in [0.15, 0.2) is 18.2 Å². The predicted molar refractivity (Wildman–Crippen MR) is 83.4 cm³/mol. The lowest BCUT2D eigenvalue weighted by Crippen LogP contribution is -2.31. The number of allylic oxidation sites excluding steroid dienone is 2. The molecule has 2 aliphatic carbocycles. The lowest BCUT2D eigenvalue weighted by atomic mass is 9.73. The zero-order valence-electron chi connectivity index (χ0n) is 13.1. The minimum Gasteiger partial charge on any atom is -0.504 e. The zero-order valence-corrected chi connectivity index (χ0v) is 13.1. The number of aromatic hydroxyl groups is 1. The maximum atomic E-state index is 11.7. The number of methoxy groups -OCH3 is 1. The number of ketones is 1. The van der Waals surface area contributed by atoms with E-state index in [0.717, 1.165) is 31.4 Å². The number of fused-ring (bicyclic) bond motifs is 1. The Morgan fingerprint density at radius 2 is 2.23 bits per heavy atom. The third kappa shape index (κ3) is 1.70. The molecule has 1 spiro atoms. The molecule has 0 bridgehead atoms. The van der Waals surface area contributed by atoms with E-state index in [-0.39, 0.29) is 16.9 Å². The third-order valence-electron chi connectivity index (χ3n) is 5.65. The second-order valence-electron chi connectivity index (χ2n) is 6.78. The zero-order chi connectivity index (χ0) is 15.5. The first kappa shape index (κ1) is 13.8. The van der Waals surface area contributed by atoms with Crippen LogP contribution in [0.25, 0.3) is 0 Å². The fraction of sp³-hybridized carbons (Fsp3) is 0.500. The molecule has 0 aromatic heterocycles. The van der Waals surface area contributed by atoms with Crippen LogP contribution in [-0.4, -0.2) is 36.5 Å². The van der Waals surface area contributed by atoms with Gasteiger partial charge in [0.15, 0.2) is 17.3 Å². The van der Waals surface area contributed by atoms with Crippen LogP contribution in [0.2, 0.25) is 0 Å². The number of benzene rings is 1. The minimum absolute atomic E-state index is 0.175. The van der Waals surface area contributed by atoms with Gasteiger partial charge in [-0.05, 0) is 49.6 Å². The number of rotatable bonds is 1. The largest absolute Gasteiger partial charge is 0.504 e. The monoisotopic (exact) mass is 299 g/mol. The van der Waals surface area contributed by atoms with Crippen LogP contribution in [0.3, 0.4) is 0 Å². The smallest absolute Gasteiger partial charge is 0.164 e. The van der Waals surface area contributed by atoms with Crippen molar-refractivity contribution < 1.29 is 14.6 Å². The van der Waals surface area contributed by atoms with Gasteiger partial charge in [-0.15, -0.1) is 0 Å². The second-order valence-corrected chi connectivity index (χ2v) is 6.78. The van der Waals surface area contributed by atoms with Gasteiger partial charge < -0.3 is 9.84 Å². The van der Waals surface area contributed by atoms with E-state index in [2.05, 4.69) is 18.0 Å². The molecular weight excluding hydrogens is 278 g/mol. The Balaban J connectivity index is 2.00. The molecule has 0 saturated carbocycles. The first-order valence-electron chi connectivity index (χ1n) is 7.91. The number of carbonyl (C=O) groups excluding carboxylic acids is 1. The van der Waals surface area contributed by atoms with Gasteiger partial charge in [-0.2, -0.15) is 0 Å². The summed E-state index contributed by atoms with van der Waals surface area (Å²) in [7, 11) is 3.77. The summed E-state index contributed by atoms with van der Waals surface area (Å²) in [5.41, 5.74) is 3.50. The topological polar surface area (TPSA) is 49.8 Å². The van der Waals surface area contributed by atoms with Crippen LogP contribution in [0.5, 0.6) is 11.5 Å². The van der Waals surface area contributed by atoms with Gasteiger partial charge in [-0.1, -0.05) is 6.08 Å². The van der Waals surface area contributed by atoms with Crippen LogP contribution in [0, 0.1) is 0 Å². The number of likely N-dealkylation sites (N-methyl/N-ethyl adjacent to an activating group) is 1. The van der Waals surface area contributed by atoms with Gasteiger partial charge >= 0.3 is 0 Å². The number of hydrogen-bond donors (Lipinski definition) is 1. The van der Waals surface area contributed by atoms with Gasteiger partial charge in [0, 0.05) is 30.0 Å². The molecule has 1 heterocycles. The van der Waals surface area contributed by atoms with Crippen molar-refractivity contribution >= 4 is 5.78 Å². The maximum absolute atomic E-state index is 11.7. The van der Waals surface area contributed by atoms with Gasteiger partial charge in [-0.25, -0.2) is 0 Å². The van der Waals surface area contributed by atoms with Crippen molar-refractivity contribution in [1.29, 1.82) is 0 Å². The molecule has 1 N–H and O–H groups in total. The summed E-state index contributed by atoms with van der Waals surface area (Å²) in [5, 5.41) is 10.4. The van der Waals surface area contributed by atoms with Gasteiger partial charge in [0.1, 0.15) is 0 Å². The molecule has 0 saturated heterocycles. The van der Waals surface area contributed by atoms with Gasteiger partial charge in [0.05, 0.1) is 7.11 Å². The molecular formula is C18H21NO3. The normalized spacial score (nSPS) is 29.9. The molecule has 1 aliphatic heterocycles. The quantitative estimate of drug-likeness (QED) is 0.865. The van der Waals surface area contributed by atoms with Crippen LogP contribution >= 0.6 is 0 Å². The van der Waals surface area contributed by atoms with E-state index < -0.39 is 0 Å². The molecule has 4 rings (SSSR count). The van der Waals surface area contributed by atoms with Crippen molar-refractivity contribution in [3.05, 3.63) is 34.9 Å². The number of hydrogen-bond acceptors (Lipinski definition) is 4. The van der Waals surface area contributed by atoms with Crippen LogP contribution < -0.4 is 4.74 Å². The van der Waals surface area contributed by atoms with Crippen molar-refractivity contribution in [2.75, 3.05) is 20.7 Å². The Morgan fingerprint density at radius 1 is 1.41 bits per heavy atom. The third-order valence-corrected chi connectivity index (χ3v) is 5.65. The van der Waals surface area contributed by atoms with Crippen LogP contribution in [-0.2, 0) is 16.6 Å². The predicted octanol–water partition coefficient (Wildman–Crippen LogP) is 2.49. The summed E-state index contributed by atoms with van der Waals surface area (Å²) in [6, 6.07) is 2.22. The van der Waals surface area contributed by atoms with E-state index in [9.17, 15) is 9.90 Å². The average Bonchev–Trinajstić information content (AvgIpc) is 2.83. The molecule has 3 aliphatic rings. The van der Waals surface area contributed by atoms with E-state index in [1.807, 2.05) is 6.07 Å². The fourth-order valence-corrected chi connectivity index (χ4v) is 4.53. The van der Waals surface area contributed by atoms with E-state index >= 15 is 0 Å². The van der Waals surface area contributed by atoms with E-state index in [1.54, 1.807) is 13.2 Å². The van der Waals surface area contributed by atoms with Crippen molar-refractivity contribution in [2.45, 2.75) is 37.1 Å². The Labute approximate surface area is 130 Å². The van der Waals surface area contributed by atoms with Gasteiger partial charge in [0.25, 0.3) is 0 Å². The molecule has 1 aromatic rings. The molecule has 4 nitrogen and oxygen atoms in total. The molecule has 22 heavy (non-hydrogen) atoms. The summed E-state index contributed by atoms with van der Waals surface area (Å²) in [6.07, 6.45) is 7.07. The van der Waals surface area contributed by atoms with Crippen molar-refractivity contribution in [1.82, 2.24) is 4.90 Å². The lowest BCUT2D eigenvalue weighted by Gasteiger charge is -2.32. The van der Waals surface area contributed by atoms with Crippen LogP contribution in [0.4, 0.5) is 0 Å². The molecule has 0 unspecified atom stereocenters. The standard InChI is InChI=1S/C18H21NO3/c1-19-8-5-11-9-14(21)17(22-2)16-15(11)13(19)10-18(16)6-3-12(20)4-7-18/h3,6,9,13,21H,4-5,7-8,10H2,1-2H3/t13-,18+/m1/s1. The summed E-state index contributed by atoms with van der Waals surface area (Å²) >= 11 is 0. The summed E-state index contributed by atoms with van der Waals surface area (Å²) in [5.74, 6) is 1.01. The van der Waals surface area contributed by atoms with Gasteiger partial charge in [0.2, 0.25) is 0 Å². The number of carbonyl (C=O) groups is 1. The number of phenols is 1. The molecule has 2 atom stereocenters. The molecule has 0 radical (unpaired) electrons. The second kappa shape index (κ2) is 4.59. The van der Waals surface area contributed by atoms with Crippen molar-refractivity contribution in [2.24, 2.45) is 0 Å². The average molecular weight is 299 g/mol.